The summed E-state index contributed by atoms with van der Waals surface area (Å²) >= 11 is 0. The van der Waals surface area contributed by atoms with Crippen LogP contribution in [0.4, 0.5) is 0 Å². The second-order valence-electron chi connectivity index (χ2n) is 6.40. The zero-order valence-electron chi connectivity index (χ0n) is 13.8. The molecule has 1 saturated heterocycles. The highest BCUT2D eigenvalue weighted by atomic mass is 32.2. The number of benzene rings is 1. The number of ether oxygens (including phenoxy) is 1. The van der Waals surface area contributed by atoms with Gasteiger partial charge >= 0.3 is 0 Å². The van der Waals surface area contributed by atoms with Crippen LogP contribution in [-0.2, 0) is 26.0 Å². The van der Waals surface area contributed by atoms with E-state index in [1.807, 2.05) is 18.2 Å². The van der Waals surface area contributed by atoms with Gasteiger partial charge in [-0.1, -0.05) is 18.2 Å². The van der Waals surface area contributed by atoms with E-state index in [0.717, 1.165) is 12.2 Å². The average Bonchev–Trinajstić information content (AvgIpc) is 2.51. The predicted molar refractivity (Wildman–Crippen MR) is 90.6 cm³/mol. The number of fused-ring (bicyclic) bond motifs is 1. The third kappa shape index (κ3) is 5.17. The second-order valence-corrected chi connectivity index (χ2v) is 8.13. The molecule has 0 saturated carbocycles. The summed E-state index contributed by atoms with van der Waals surface area (Å²) in [6.45, 7) is 1.73. The molecule has 3 N–H and O–H groups in total. The smallest absolute Gasteiger partial charge is 0.290 e. The molecule has 9 heteroatoms. The molecule has 0 aliphatic carbocycles. The summed E-state index contributed by atoms with van der Waals surface area (Å²) < 4.78 is 27.5. The van der Waals surface area contributed by atoms with Gasteiger partial charge in [-0.3, -0.25) is 9.59 Å². The molecule has 1 spiro atoms. The van der Waals surface area contributed by atoms with Crippen molar-refractivity contribution in [2.24, 2.45) is 10.6 Å². The molecular weight excluding hydrogens is 348 g/mol. The maximum Gasteiger partial charge on any atom is 0.290 e. The number of nitrogens with two attached hydrogens (primary N) is 1. The van der Waals surface area contributed by atoms with E-state index in [0.29, 0.717) is 19.7 Å². The lowest BCUT2D eigenvalue weighted by atomic mass is 9.74. The third-order valence-electron chi connectivity index (χ3n) is 4.30. The number of nitrogens with zero attached hydrogens (tertiary/aromatic N) is 1. The summed E-state index contributed by atoms with van der Waals surface area (Å²) in [4.78, 5) is 22.2. The molecule has 0 atom stereocenters. The van der Waals surface area contributed by atoms with E-state index in [2.05, 4.69) is 6.07 Å². The fraction of sp³-hybridized carbons (Fsp3) is 0.500. The zero-order chi connectivity index (χ0) is 18.5. The van der Waals surface area contributed by atoms with Gasteiger partial charge in [0, 0.05) is 24.9 Å². The number of rotatable bonds is 4. The molecular formula is C16H22N2O6S. The lowest BCUT2D eigenvalue weighted by Gasteiger charge is -2.52. The quantitative estimate of drug-likeness (QED) is 0.730. The summed E-state index contributed by atoms with van der Waals surface area (Å²) in [5, 5.41) is 11.8. The van der Waals surface area contributed by atoms with Gasteiger partial charge in [-0.25, -0.2) is 13.6 Å². The summed E-state index contributed by atoms with van der Waals surface area (Å²) in [7, 11) is -3.49. The van der Waals surface area contributed by atoms with Crippen LogP contribution in [0, 0.1) is 5.41 Å². The van der Waals surface area contributed by atoms with Crippen LogP contribution in [-0.4, -0.2) is 56.3 Å². The van der Waals surface area contributed by atoms with Gasteiger partial charge in [0.25, 0.3) is 6.47 Å². The normalized spacial score (nSPS) is 17.4. The van der Waals surface area contributed by atoms with Crippen LogP contribution >= 0.6 is 0 Å². The van der Waals surface area contributed by atoms with E-state index < -0.39 is 10.0 Å². The number of hydrogen-bond acceptors (Lipinski definition) is 5. The standard InChI is InChI=1S/C15H20N2O4S.CH2O2/c16-22(19,20)7-3-6-14(18)17-9-15(10-17)8-12-4-1-2-5-13(12)21-11-15;2-1-3/h1-2,4-5H,3,6-11H2,(H2,16,19,20);1H,(H,2,3). The highest BCUT2D eigenvalue weighted by molar-refractivity contribution is 7.89. The van der Waals surface area contributed by atoms with Gasteiger partial charge in [0.15, 0.2) is 0 Å². The van der Waals surface area contributed by atoms with Crippen molar-refractivity contribution in [1.29, 1.82) is 0 Å². The zero-order valence-corrected chi connectivity index (χ0v) is 14.6. The summed E-state index contributed by atoms with van der Waals surface area (Å²) in [6, 6.07) is 7.98. The molecule has 2 aliphatic rings. The Morgan fingerprint density at radius 3 is 2.64 bits per heavy atom. The first-order chi connectivity index (χ1) is 11.8. The molecule has 1 aromatic carbocycles. The Morgan fingerprint density at radius 2 is 2.00 bits per heavy atom. The van der Waals surface area contributed by atoms with E-state index >= 15 is 0 Å². The number of carbonyl (C=O) groups excluding carboxylic acids is 1. The largest absolute Gasteiger partial charge is 0.493 e. The van der Waals surface area contributed by atoms with Crippen molar-refractivity contribution in [2.75, 3.05) is 25.4 Å². The van der Waals surface area contributed by atoms with Crippen LogP contribution in [0.2, 0.25) is 0 Å². The van der Waals surface area contributed by atoms with Crippen molar-refractivity contribution in [1.82, 2.24) is 4.90 Å². The van der Waals surface area contributed by atoms with E-state index in [9.17, 15) is 13.2 Å². The minimum absolute atomic E-state index is 0.00636. The fourth-order valence-electron chi connectivity index (χ4n) is 3.20. The number of hydrogen-bond donors (Lipinski definition) is 2. The molecule has 2 heterocycles. The first-order valence-electron chi connectivity index (χ1n) is 7.85. The summed E-state index contributed by atoms with van der Waals surface area (Å²) in [5.74, 6) is 0.785. The summed E-state index contributed by atoms with van der Waals surface area (Å²) in [5.41, 5.74) is 1.21. The minimum atomic E-state index is -3.49. The molecule has 138 valence electrons. The lowest BCUT2D eigenvalue weighted by Crippen LogP contribution is -2.62. The van der Waals surface area contributed by atoms with Gasteiger partial charge < -0.3 is 14.7 Å². The van der Waals surface area contributed by atoms with Crippen molar-refractivity contribution in [2.45, 2.75) is 19.3 Å². The van der Waals surface area contributed by atoms with Crippen LogP contribution in [0.3, 0.4) is 0 Å². The molecule has 1 fully saturated rings. The SMILES string of the molecule is NS(=O)(=O)CCCC(=O)N1CC2(COc3ccccc3C2)C1.O=CO. The molecule has 2 aliphatic heterocycles. The molecule has 0 bridgehead atoms. The van der Waals surface area contributed by atoms with Crippen molar-refractivity contribution in [3.8, 4) is 5.75 Å². The van der Waals surface area contributed by atoms with Crippen LogP contribution in [0.1, 0.15) is 18.4 Å². The number of primary sulfonamides is 1. The second kappa shape index (κ2) is 7.83. The number of sulfonamides is 1. The highest BCUT2D eigenvalue weighted by Crippen LogP contribution is 2.41. The molecule has 0 radical (unpaired) electrons. The Balaban J connectivity index is 0.000000701. The maximum absolute atomic E-state index is 12.0. The number of carbonyl (C=O) groups is 2. The Hall–Kier alpha value is -2.13. The Labute approximate surface area is 146 Å². The van der Waals surface area contributed by atoms with E-state index in [1.165, 1.54) is 5.56 Å². The topological polar surface area (TPSA) is 127 Å². The maximum atomic E-state index is 12.0. The van der Waals surface area contributed by atoms with Gasteiger partial charge in [-0.05, 0) is 24.5 Å². The Morgan fingerprint density at radius 1 is 1.36 bits per heavy atom. The number of carboxylic acid groups (broad SMARTS) is 1. The average molecular weight is 370 g/mol. The highest BCUT2D eigenvalue weighted by Gasteiger charge is 2.47. The molecule has 3 rings (SSSR count). The van der Waals surface area contributed by atoms with Crippen LogP contribution < -0.4 is 9.88 Å². The molecule has 0 unspecified atom stereocenters. The molecule has 25 heavy (non-hydrogen) atoms. The van der Waals surface area contributed by atoms with E-state index in [1.54, 1.807) is 4.90 Å². The molecule has 8 nitrogen and oxygen atoms in total. The fourth-order valence-corrected chi connectivity index (χ4v) is 3.75. The van der Waals surface area contributed by atoms with Crippen molar-refractivity contribution < 1.29 is 27.9 Å². The molecule has 0 aromatic heterocycles. The monoisotopic (exact) mass is 370 g/mol. The summed E-state index contributed by atoms with van der Waals surface area (Å²) in [6.07, 6.45) is 1.43. The first kappa shape index (κ1) is 19.2. The molecule has 1 amide bonds. The van der Waals surface area contributed by atoms with E-state index in [-0.39, 0.29) is 36.4 Å². The van der Waals surface area contributed by atoms with Gasteiger partial charge in [-0.15, -0.1) is 0 Å². The first-order valence-corrected chi connectivity index (χ1v) is 9.57. The lowest BCUT2D eigenvalue weighted by molar-refractivity contribution is -0.146. The van der Waals surface area contributed by atoms with Crippen LogP contribution in [0.5, 0.6) is 5.75 Å². The molecule has 1 aromatic rings. The van der Waals surface area contributed by atoms with E-state index in [4.69, 9.17) is 19.8 Å². The Bertz CT molecular complexity index is 728. The third-order valence-corrected chi connectivity index (χ3v) is 5.15. The van der Waals surface area contributed by atoms with Gasteiger partial charge in [0.05, 0.1) is 12.4 Å². The van der Waals surface area contributed by atoms with Crippen LogP contribution in [0.25, 0.3) is 0 Å². The number of likely N-dealkylation sites (tertiary alicyclic amines) is 1. The minimum Gasteiger partial charge on any atom is -0.493 e. The van der Waals surface area contributed by atoms with Crippen molar-refractivity contribution in [3.05, 3.63) is 29.8 Å². The predicted octanol–water partition coefficient (Wildman–Crippen LogP) is 0.220. The van der Waals surface area contributed by atoms with Crippen molar-refractivity contribution in [3.63, 3.8) is 0 Å². The van der Waals surface area contributed by atoms with Crippen LogP contribution in [0.15, 0.2) is 24.3 Å². The van der Waals surface area contributed by atoms with Gasteiger partial charge in [0.2, 0.25) is 15.9 Å². The van der Waals surface area contributed by atoms with Gasteiger partial charge in [0.1, 0.15) is 5.75 Å². The number of amides is 1. The van der Waals surface area contributed by atoms with Crippen molar-refractivity contribution >= 4 is 22.4 Å². The Kier molecular flexibility index (Phi) is 6.02. The van der Waals surface area contributed by atoms with Gasteiger partial charge in [-0.2, -0.15) is 0 Å². The number of para-hydroxylation sites is 1.